The van der Waals surface area contributed by atoms with E-state index in [1.807, 2.05) is 6.07 Å². The van der Waals surface area contributed by atoms with E-state index in [4.69, 9.17) is 28.9 Å². The average molecular weight is 326 g/mol. The molecule has 1 atom stereocenters. The lowest BCUT2D eigenvalue weighted by Crippen LogP contribution is -2.19. The predicted octanol–water partition coefficient (Wildman–Crippen LogP) is 3.49. The molecular formula is C13H9Cl2N3OS. The van der Waals surface area contributed by atoms with Gasteiger partial charge in [0.1, 0.15) is 11.1 Å². The fourth-order valence-corrected chi connectivity index (χ4v) is 3.10. The van der Waals surface area contributed by atoms with Crippen LogP contribution in [0.5, 0.6) is 0 Å². The molecule has 7 heteroatoms. The van der Waals surface area contributed by atoms with E-state index in [9.17, 15) is 4.79 Å². The Balaban J connectivity index is 1.94. The van der Waals surface area contributed by atoms with Gasteiger partial charge in [0.05, 0.1) is 10.0 Å². The smallest absolute Gasteiger partial charge is 0.245 e. The van der Waals surface area contributed by atoms with E-state index in [1.165, 1.54) is 11.8 Å². The molecule has 102 valence electrons. The number of nitrogens with zero attached hydrogens (tertiary/aromatic N) is 1. The summed E-state index contributed by atoms with van der Waals surface area (Å²) >= 11 is 13.4. The van der Waals surface area contributed by atoms with Crippen molar-refractivity contribution in [1.82, 2.24) is 4.98 Å². The highest BCUT2D eigenvalue weighted by molar-refractivity contribution is 7.99. The topological polar surface area (TPSA) is 68.0 Å². The van der Waals surface area contributed by atoms with Crippen LogP contribution in [0.4, 0.5) is 5.69 Å². The number of pyridine rings is 1. The van der Waals surface area contributed by atoms with E-state index in [0.717, 1.165) is 9.92 Å². The zero-order chi connectivity index (χ0) is 14.3. The molecule has 20 heavy (non-hydrogen) atoms. The second kappa shape index (κ2) is 5.26. The van der Waals surface area contributed by atoms with Gasteiger partial charge in [-0.1, -0.05) is 35.0 Å². The number of amides is 1. The number of hydrogen-bond acceptors (Lipinski definition) is 4. The third-order valence-electron chi connectivity index (χ3n) is 2.89. The first-order chi connectivity index (χ1) is 9.54. The molecule has 0 aliphatic carbocycles. The van der Waals surface area contributed by atoms with Gasteiger partial charge in [0.25, 0.3) is 0 Å². The number of anilines is 1. The highest BCUT2D eigenvalue weighted by Crippen LogP contribution is 2.40. The molecule has 2 heterocycles. The number of carbonyl (C=O) groups is 1. The minimum atomic E-state index is -0.657. The summed E-state index contributed by atoms with van der Waals surface area (Å²) < 4.78 is 0. The zero-order valence-corrected chi connectivity index (χ0v) is 12.4. The monoisotopic (exact) mass is 325 g/mol. The molecule has 1 aromatic heterocycles. The summed E-state index contributed by atoms with van der Waals surface area (Å²) in [6.45, 7) is 0. The average Bonchev–Trinajstić information content (AvgIpc) is 2.69. The Morgan fingerprint density at radius 3 is 2.80 bits per heavy atom. The van der Waals surface area contributed by atoms with Crippen molar-refractivity contribution in [2.75, 3.05) is 5.32 Å². The van der Waals surface area contributed by atoms with Crippen molar-refractivity contribution < 1.29 is 4.79 Å². The van der Waals surface area contributed by atoms with Gasteiger partial charge in [-0.15, -0.1) is 0 Å². The van der Waals surface area contributed by atoms with E-state index in [2.05, 4.69) is 10.3 Å². The van der Waals surface area contributed by atoms with Crippen molar-refractivity contribution in [3.05, 3.63) is 46.1 Å². The standard InChI is InChI=1S/C13H9Cl2N3OS/c14-6-1-2-11(17-5-6)20-10-4-9-7(3-8(10)15)12(16)13(19)18-9/h1-5,12H,16H2,(H,18,19). The molecule has 0 bridgehead atoms. The molecule has 1 aliphatic rings. The lowest BCUT2D eigenvalue weighted by molar-refractivity contribution is -0.116. The van der Waals surface area contributed by atoms with Gasteiger partial charge in [0.2, 0.25) is 5.91 Å². The molecule has 1 aromatic carbocycles. The molecule has 3 rings (SSSR count). The van der Waals surface area contributed by atoms with Crippen molar-refractivity contribution in [2.24, 2.45) is 5.73 Å². The molecule has 0 spiro atoms. The minimum absolute atomic E-state index is 0.220. The Morgan fingerprint density at radius 2 is 2.10 bits per heavy atom. The third-order valence-corrected chi connectivity index (χ3v) is 4.55. The molecule has 1 amide bonds. The molecule has 1 unspecified atom stereocenters. The lowest BCUT2D eigenvalue weighted by atomic mass is 10.1. The van der Waals surface area contributed by atoms with Crippen LogP contribution in [0.15, 0.2) is 40.4 Å². The lowest BCUT2D eigenvalue weighted by Gasteiger charge is -2.07. The van der Waals surface area contributed by atoms with E-state index >= 15 is 0 Å². The molecule has 2 aromatic rings. The van der Waals surface area contributed by atoms with Crippen molar-refractivity contribution in [1.29, 1.82) is 0 Å². The van der Waals surface area contributed by atoms with Gasteiger partial charge in [-0.05, 0) is 24.3 Å². The molecule has 4 nitrogen and oxygen atoms in total. The van der Waals surface area contributed by atoms with Crippen molar-refractivity contribution in [2.45, 2.75) is 16.0 Å². The summed E-state index contributed by atoms with van der Waals surface area (Å²) in [7, 11) is 0. The number of nitrogens with one attached hydrogen (secondary N) is 1. The third kappa shape index (κ3) is 2.50. The Morgan fingerprint density at radius 1 is 1.30 bits per heavy atom. The Kier molecular flexibility index (Phi) is 3.60. The zero-order valence-electron chi connectivity index (χ0n) is 10.1. The molecule has 3 N–H and O–H groups in total. The number of aromatic nitrogens is 1. The highest BCUT2D eigenvalue weighted by atomic mass is 35.5. The summed E-state index contributed by atoms with van der Waals surface area (Å²) in [5.74, 6) is -0.220. The van der Waals surface area contributed by atoms with Gasteiger partial charge < -0.3 is 11.1 Å². The predicted molar refractivity (Wildman–Crippen MR) is 80.4 cm³/mol. The van der Waals surface area contributed by atoms with E-state index in [0.29, 0.717) is 21.3 Å². The summed E-state index contributed by atoms with van der Waals surface area (Å²) in [5, 5.41) is 4.62. The van der Waals surface area contributed by atoms with Crippen molar-refractivity contribution >= 4 is 46.6 Å². The van der Waals surface area contributed by atoms with Gasteiger partial charge in [-0.3, -0.25) is 4.79 Å². The van der Waals surface area contributed by atoms with Gasteiger partial charge in [0, 0.05) is 22.3 Å². The van der Waals surface area contributed by atoms with Crippen LogP contribution in [0.1, 0.15) is 11.6 Å². The second-order valence-electron chi connectivity index (χ2n) is 4.25. The summed E-state index contributed by atoms with van der Waals surface area (Å²) in [5.41, 5.74) is 7.19. The molecular weight excluding hydrogens is 317 g/mol. The van der Waals surface area contributed by atoms with Crippen LogP contribution >= 0.6 is 35.0 Å². The highest BCUT2D eigenvalue weighted by Gasteiger charge is 2.28. The first kappa shape index (κ1) is 13.7. The van der Waals surface area contributed by atoms with Crippen LogP contribution in [-0.4, -0.2) is 10.9 Å². The number of benzene rings is 1. The number of halogens is 2. The van der Waals surface area contributed by atoms with E-state index < -0.39 is 6.04 Å². The number of rotatable bonds is 2. The normalized spacial score (nSPS) is 16.9. The number of carbonyl (C=O) groups excluding carboxylic acids is 1. The van der Waals surface area contributed by atoms with Crippen LogP contribution < -0.4 is 11.1 Å². The Bertz CT molecular complexity index is 691. The number of hydrogen-bond donors (Lipinski definition) is 2. The van der Waals surface area contributed by atoms with Gasteiger partial charge in [-0.25, -0.2) is 4.98 Å². The van der Waals surface area contributed by atoms with Crippen molar-refractivity contribution in [3.63, 3.8) is 0 Å². The molecule has 0 radical (unpaired) electrons. The van der Waals surface area contributed by atoms with Crippen LogP contribution in [0, 0.1) is 0 Å². The largest absolute Gasteiger partial charge is 0.324 e. The van der Waals surface area contributed by atoms with Crippen molar-refractivity contribution in [3.8, 4) is 0 Å². The minimum Gasteiger partial charge on any atom is -0.324 e. The molecule has 0 saturated heterocycles. The van der Waals surface area contributed by atoms with Gasteiger partial charge in [0.15, 0.2) is 0 Å². The Hall–Kier alpha value is -1.27. The van der Waals surface area contributed by atoms with Crippen LogP contribution in [0.3, 0.4) is 0 Å². The van der Waals surface area contributed by atoms with Crippen LogP contribution in [-0.2, 0) is 4.79 Å². The SMILES string of the molecule is NC1C(=O)Nc2cc(Sc3ccc(Cl)cn3)c(Cl)cc21. The number of nitrogens with two attached hydrogens (primary N) is 1. The van der Waals surface area contributed by atoms with E-state index in [1.54, 1.807) is 24.4 Å². The van der Waals surface area contributed by atoms with Crippen LogP contribution in [0.25, 0.3) is 0 Å². The first-order valence-corrected chi connectivity index (χ1v) is 7.31. The fourth-order valence-electron chi connectivity index (χ4n) is 1.90. The maximum atomic E-state index is 11.5. The first-order valence-electron chi connectivity index (χ1n) is 5.74. The quantitative estimate of drug-likeness (QED) is 0.886. The maximum Gasteiger partial charge on any atom is 0.245 e. The Labute approximate surface area is 129 Å². The van der Waals surface area contributed by atoms with Crippen LogP contribution in [0.2, 0.25) is 10.0 Å². The molecule has 0 saturated carbocycles. The van der Waals surface area contributed by atoms with Gasteiger partial charge in [-0.2, -0.15) is 0 Å². The fraction of sp³-hybridized carbons (Fsp3) is 0.0769. The molecule has 1 aliphatic heterocycles. The van der Waals surface area contributed by atoms with E-state index in [-0.39, 0.29) is 5.91 Å². The summed E-state index contributed by atoms with van der Waals surface area (Å²) in [4.78, 5) is 16.5. The summed E-state index contributed by atoms with van der Waals surface area (Å²) in [6, 6.07) is 6.44. The number of fused-ring (bicyclic) bond motifs is 1. The summed E-state index contributed by atoms with van der Waals surface area (Å²) in [6.07, 6.45) is 1.57. The molecule has 0 fully saturated rings. The second-order valence-corrected chi connectivity index (χ2v) is 6.16. The van der Waals surface area contributed by atoms with Gasteiger partial charge >= 0.3 is 0 Å². The maximum absolute atomic E-state index is 11.5.